The predicted octanol–water partition coefficient (Wildman–Crippen LogP) is 1.82. The van der Waals surface area contributed by atoms with Gasteiger partial charge in [-0.1, -0.05) is 0 Å². The van der Waals surface area contributed by atoms with Crippen LogP contribution in [0.5, 0.6) is 11.5 Å². The molecule has 16 heavy (non-hydrogen) atoms. The van der Waals surface area contributed by atoms with Gasteiger partial charge in [-0.3, -0.25) is 0 Å². The Morgan fingerprint density at radius 2 is 2.38 bits per heavy atom. The Morgan fingerprint density at radius 3 is 3.00 bits per heavy atom. The summed E-state index contributed by atoms with van der Waals surface area (Å²) in [7, 11) is 1.57. The van der Waals surface area contributed by atoms with Crippen LogP contribution >= 0.6 is 15.9 Å². The van der Waals surface area contributed by atoms with E-state index < -0.39 is 0 Å². The molecule has 0 spiro atoms. The van der Waals surface area contributed by atoms with Crippen molar-refractivity contribution in [2.75, 3.05) is 26.8 Å². The van der Waals surface area contributed by atoms with Gasteiger partial charge in [0.2, 0.25) is 0 Å². The number of phenolic OH excluding ortho intramolecular Hbond substituents is 1. The van der Waals surface area contributed by atoms with Crippen molar-refractivity contribution in [2.45, 2.75) is 6.10 Å². The van der Waals surface area contributed by atoms with E-state index >= 15 is 0 Å². The van der Waals surface area contributed by atoms with Crippen molar-refractivity contribution < 1.29 is 14.6 Å². The van der Waals surface area contributed by atoms with Crippen LogP contribution in [0.2, 0.25) is 0 Å². The van der Waals surface area contributed by atoms with Crippen molar-refractivity contribution in [3.63, 3.8) is 0 Å². The van der Waals surface area contributed by atoms with Crippen molar-refractivity contribution in [2.24, 2.45) is 0 Å². The molecule has 0 amide bonds. The third-order valence-electron chi connectivity index (χ3n) is 2.58. The smallest absolute Gasteiger partial charge is 0.136 e. The molecule has 1 saturated heterocycles. The van der Waals surface area contributed by atoms with E-state index in [2.05, 4.69) is 21.2 Å². The van der Waals surface area contributed by atoms with E-state index in [1.807, 2.05) is 6.07 Å². The van der Waals surface area contributed by atoms with Crippen molar-refractivity contribution in [3.05, 3.63) is 22.2 Å². The lowest BCUT2D eigenvalue weighted by Gasteiger charge is -2.25. The predicted molar refractivity (Wildman–Crippen MR) is 63.9 cm³/mol. The molecule has 0 radical (unpaired) electrons. The third-order valence-corrected chi connectivity index (χ3v) is 3.20. The van der Waals surface area contributed by atoms with Crippen LogP contribution in [0, 0.1) is 0 Å². The molecule has 1 aromatic rings. The van der Waals surface area contributed by atoms with Gasteiger partial charge in [-0.05, 0) is 22.0 Å². The second-order valence-corrected chi connectivity index (χ2v) is 4.46. The Bertz CT molecular complexity index is 378. The summed E-state index contributed by atoms with van der Waals surface area (Å²) in [6.07, 6.45) is -0.101. The van der Waals surface area contributed by atoms with Gasteiger partial charge in [-0.2, -0.15) is 0 Å². The van der Waals surface area contributed by atoms with Gasteiger partial charge >= 0.3 is 0 Å². The molecule has 1 aliphatic rings. The summed E-state index contributed by atoms with van der Waals surface area (Å²) < 4.78 is 11.5. The van der Waals surface area contributed by atoms with Crippen LogP contribution in [0.25, 0.3) is 0 Å². The SMILES string of the molecule is COc1cc(O)c(C2CNCCO2)cc1Br. The van der Waals surface area contributed by atoms with Gasteiger partial charge < -0.3 is 19.9 Å². The molecule has 5 heteroatoms. The van der Waals surface area contributed by atoms with E-state index in [0.717, 1.165) is 16.6 Å². The largest absolute Gasteiger partial charge is 0.507 e. The zero-order valence-corrected chi connectivity index (χ0v) is 10.6. The first-order valence-electron chi connectivity index (χ1n) is 5.11. The minimum Gasteiger partial charge on any atom is -0.507 e. The summed E-state index contributed by atoms with van der Waals surface area (Å²) in [4.78, 5) is 0. The summed E-state index contributed by atoms with van der Waals surface area (Å²) >= 11 is 3.40. The van der Waals surface area contributed by atoms with Gasteiger partial charge in [-0.15, -0.1) is 0 Å². The molecule has 1 fully saturated rings. The van der Waals surface area contributed by atoms with Crippen LogP contribution < -0.4 is 10.1 Å². The average molecular weight is 288 g/mol. The second-order valence-electron chi connectivity index (χ2n) is 3.61. The first-order valence-corrected chi connectivity index (χ1v) is 5.90. The van der Waals surface area contributed by atoms with E-state index in [0.29, 0.717) is 18.9 Å². The first kappa shape index (κ1) is 11.7. The molecular weight excluding hydrogens is 274 g/mol. The summed E-state index contributed by atoms with van der Waals surface area (Å²) in [6.45, 7) is 2.23. The minimum absolute atomic E-state index is 0.101. The lowest BCUT2D eigenvalue weighted by molar-refractivity contribution is 0.0262. The van der Waals surface area contributed by atoms with Crippen LogP contribution in [0.1, 0.15) is 11.7 Å². The molecule has 4 nitrogen and oxygen atoms in total. The highest BCUT2D eigenvalue weighted by atomic mass is 79.9. The summed E-state index contributed by atoms with van der Waals surface area (Å²) in [5.74, 6) is 0.818. The molecule has 0 aromatic heterocycles. The van der Waals surface area contributed by atoms with Crippen molar-refractivity contribution >= 4 is 15.9 Å². The number of benzene rings is 1. The Balaban J connectivity index is 2.29. The number of rotatable bonds is 2. The van der Waals surface area contributed by atoms with Gasteiger partial charge in [0.15, 0.2) is 0 Å². The van der Waals surface area contributed by atoms with Crippen molar-refractivity contribution in [3.8, 4) is 11.5 Å². The zero-order valence-electron chi connectivity index (χ0n) is 9.00. The van der Waals surface area contributed by atoms with Crippen LogP contribution in [0.15, 0.2) is 16.6 Å². The molecule has 2 N–H and O–H groups in total. The van der Waals surface area contributed by atoms with Gasteiger partial charge in [0.25, 0.3) is 0 Å². The standard InChI is InChI=1S/C11H14BrNO3/c1-15-10-5-9(14)7(4-8(10)12)11-6-13-2-3-16-11/h4-5,11,13-14H,2-3,6H2,1H3. The number of aromatic hydroxyl groups is 1. The van der Waals surface area contributed by atoms with Crippen LogP contribution in [0.3, 0.4) is 0 Å². The van der Waals surface area contributed by atoms with Gasteiger partial charge in [0.05, 0.1) is 24.3 Å². The van der Waals surface area contributed by atoms with Crippen LogP contribution in [-0.4, -0.2) is 31.9 Å². The molecule has 1 unspecified atom stereocenters. The highest BCUT2D eigenvalue weighted by molar-refractivity contribution is 9.10. The maximum absolute atomic E-state index is 9.89. The monoisotopic (exact) mass is 287 g/mol. The normalized spacial score (nSPS) is 20.8. The number of methoxy groups -OCH3 is 1. The molecule has 0 aliphatic carbocycles. The first-order chi connectivity index (χ1) is 7.72. The average Bonchev–Trinajstić information content (AvgIpc) is 2.32. The number of hydrogen-bond donors (Lipinski definition) is 2. The molecule has 0 bridgehead atoms. The van der Waals surface area contributed by atoms with Gasteiger partial charge in [0, 0.05) is 24.7 Å². The van der Waals surface area contributed by atoms with Gasteiger partial charge in [-0.25, -0.2) is 0 Å². The van der Waals surface area contributed by atoms with Crippen LogP contribution in [-0.2, 0) is 4.74 Å². The maximum atomic E-state index is 9.89. The summed E-state index contributed by atoms with van der Waals surface area (Å²) in [6, 6.07) is 3.43. The molecule has 1 heterocycles. The summed E-state index contributed by atoms with van der Waals surface area (Å²) in [5.41, 5.74) is 0.778. The number of morpholine rings is 1. The second kappa shape index (κ2) is 5.03. The lowest BCUT2D eigenvalue weighted by atomic mass is 10.1. The van der Waals surface area contributed by atoms with E-state index in [1.54, 1.807) is 13.2 Å². The number of ether oxygens (including phenoxy) is 2. The number of phenols is 1. The van der Waals surface area contributed by atoms with Crippen molar-refractivity contribution in [1.29, 1.82) is 0 Å². The molecule has 1 aromatic carbocycles. The molecule has 0 saturated carbocycles. The highest BCUT2D eigenvalue weighted by Crippen LogP contribution is 2.36. The molecular formula is C11H14BrNO3. The van der Waals surface area contributed by atoms with E-state index in [9.17, 15) is 5.11 Å². The molecule has 1 atom stereocenters. The third kappa shape index (κ3) is 2.31. The number of nitrogens with one attached hydrogen (secondary N) is 1. The van der Waals surface area contributed by atoms with Gasteiger partial charge in [0.1, 0.15) is 11.5 Å². The van der Waals surface area contributed by atoms with Crippen LogP contribution in [0.4, 0.5) is 0 Å². The fraction of sp³-hybridized carbons (Fsp3) is 0.455. The Hall–Kier alpha value is -0.780. The number of hydrogen-bond acceptors (Lipinski definition) is 4. The fourth-order valence-corrected chi connectivity index (χ4v) is 2.26. The van der Waals surface area contributed by atoms with E-state index in [-0.39, 0.29) is 11.9 Å². The lowest BCUT2D eigenvalue weighted by Crippen LogP contribution is -2.33. The highest BCUT2D eigenvalue weighted by Gasteiger charge is 2.20. The van der Waals surface area contributed by atoms with E-state index in [4.69, 9.17) is 9.47 Å². The number of halogens is 1. The Labute approximate surface area is 103 Å². The minimum atomic E-state index is -0.101. The fourth-order valence-electron chi connectivity index (χ4n) is 1.74. The molecule has 88 valence electrons. The maximum Gasteiger partial charge on any atom is 0.136 e. The zero-order chi connectivity index (χ0) is 11.5. The van der Waals surface area contributed by atoms with E-state index in [1.165, 1.54) is 0 Å². The Kier molecular flexibility index (Phi) is 3.68. The quantitative estimate of drug-likeness (QED) is 0.871. The van der Waals surface area contributed by atoms with Crippen molar-refractivity contribution in [1.82, 2.24) is 5.32 Å². The molecule has 1 aliphatic heterocycles. The summed E-state index contributed by atoms with van der Waals surface area (Å²) in [5, 5.41) is 13.1. The molecule has 2 rings (SSSR count). The Morgan fingerprint density at radius 1 is 1.56 bits per heavy atom. The topological polar surface area (TPSA) is 50.7 Å².